The van der Waals surface area contributed by atoms with E-state index in [0.717, 1.165) is 0 Å². The smallest absolute Gasteiger partial charge is 0.104 e. The van der Waals surface area contributed by atoms with Gasteiger partial charge in [-0.1, -0.05) is 41.5 Å². The van der Waals surface area contributed by atoms with Gasteiger partial charge in [-0.05, 0) is 162 Å². The molecule has 0 unspecified atom stereocenters. The van der Waals surface area contributed by atoms with Crippen molar-refractivity contribution < 1.29 is 34.1 Å². The summed E-state index contributed by atoms with van der Waals surface area (Å²) in [5.41, 5.74) is 1.41. The van der Waals surface area contributed by atoms with E-state index in [1.807, 2.05) is 64.2 Å². The first-order valence-electron chi connectivity index (χ1n) is 12.9. The molecule has 0 heterocycles. The van der Waals surface area contributed by atoms with E-state index in [-0.39, 0.29) is 50.0 Å². The van der Waals surface area contributed by atoms with Gasteiger partial charge < -0.3 is 0 Å². The Morgan fingerprint density at radius 3 is 0.917 bits per heavy atom. The Hall–Kier alpha value is 1.90. The third-order valence-electron chi connectivity index (χ3n) is 6.72. The third-order valence-corrected chi connectivity index (χ3v) is 12.7. The molecule has 36 heavy (non-hydrogen) atoms. The van der Waals surface area contributed by atoms with Gasteiger partial charge in [0.15, 0.2) is 0 Å². The van der Waals surface area contributed by atoms with Crippen LogP contribution in [0.4, 0.5) is 0 Å². The number of hydrogen-bond acceptors (Lipinski definition) is 0. The van der Waals surface area contributed by atoms with E-state index in [2.05, 4.69) is 80.1 Å². The van der Waals surface area contributed by atoms with E-state index in [0.29, 0.717) is 11.3 Å². The predicted molar refractivity (Wildman–Crippen MR) is 157 cm³/mol. The Bertz CT molecular complexity index is 427. The zero-order valence-corrected chi connectivity index (χ0v) is 26.8. The van der Waals surface area contributed by atoms with Crippen LogP contribution in [0.3, 0.4) is 0 Å². The average molecular weight is 602 g/mol. The van der Waals surface area contributed by atoms with Crippen LogP contribution < -0.4 is 0 Å². The van der Waals surface area contributed by atoms with E-state index in [1.54, 1.807) is 11.8 Å². The van der Waals surface area contributed by atoms with Crippen molar-refractivity contribution in [2.24, 2.45) is 0 Å². The van der Waals surface area contributed by atoms with Gasteiger partial charge in [0.2, 0.25) is 0 Å². The molecule has 0 amide bonds. The molecule has 0 aromatic carbocycles. The zero-order chi connectivity index (χ0) is 24.8. The second kappa shape index (κ2) is 22.6. The predicted octanol–water partition coefficient (Wildman–Crippen LogP) is 8.40. The Balaban J connectivity index is 0.000000842. The summed E-state index contributed by atoms with van der Waals surface area (Å²) in [5.74, 6) is 6.18. The normalized spacial score (nSPS) is 23.0. The van der Waals surface area contributed by atoms with Gasteiger partial charge in [0.05, 0.1) is 0 Å². The summed E-state index contributed by atoms with van der Waals surface area (Å²) in [6.07, 6.45) is 39.3. The van der Waals surface area contributed by atoms with Gasteiger partial charge in [0, 0.05) is 0 Å². The van der Waals surface area contributed by atoms with Crippen LogP contribution in [-0.2, 0) is 34.1 Å². The molecule has 194 valence electrons. The SMILES string of the molecule is CCP(CC)[C@H](C)[C]1[CH][CH][CH][C]1[C]1[CH][CH][CH][C]1[C@@H](C)P(CC)CC.[CH]1[CH][CH][CH][CH]1.[CH]1[CH][CH][CH][CH]1.[Fe+2].[Fe+2]. The molecule has 4 rings (SSSR count). The fourth-order valence-electron chi connectivity index (χ4n) is 4.66. The van der Waals surface area contributed by atoms with E-state index >= 15 is 0 Å². The molecule has 4 fully saturated rings. The molecule has 4 aliphatic rings. The first kappa shape index (κ1) is 37.9. The molecular weight excluding hydrogens is 558 g/mol. The van der Waals surface area contributed by atoms with Gasteiger partial charge in [-0.15, -0.1) is 15.8 Å². The van der Waals surface area contributed by atoms with E-state index in [1.165, 1.54) is 36.5 Å². The summed E-state index contributed by atoms with van der Waals surface area (Å²) in [6, 6.07) is 0. The standard InChI is InChI=1S/C22H34P2.2C5H5.2Fe/c1-7-23(8-2)17(5)19-13-11-15-21(19)22-16-12-14-20(22)18(6)24(9-3)10-4;2*1-2-4-5-3-1;;/h11-18H,7-10H2,1-6H3;2*1-5H;;/q;;;2*+2/t17-,18-;;;;/m1..../s1. The number of rotatable bonds is 9. The molecule has 0 aromatic rings. The fraction of sp³-hybridized carbons (Fsp3) is 0.375. The summed E-state index contributed by atoms with van der Waals surface area (Å²) in [5, 5.41) is 0. The average Bonchev–Trinajstić information content (AvgIpc) is 3.69. The third kappa shape index (κ3) is 12.2. The monoisotopic (exact) mass is 602 g/mol. The molecular formula is C32H44Fe2P2+4. The van der Waals surface area contributed by atoms with Crippen LogP contribution in [0.15, 0.2) is 0 Å². The molecule has 0 bridgehead atoms. The molecule has 0 spiro atoms. The zero-order valence-electron chi connectivity index (χ0n) is 22.8. The van der Waals surface area contributed by atoms with Gasteiger partial charge in [-0.3, -0.25) is 0 Å². The topological polar surface area (TPSA) is 0 Å². The van der Waals surface area contributed by atoms with Gasteiger partial charge in [0.25, 0.3) is 0 Å². The van der Waals surface area contributed by atoms with Crippen LogP contribution in [0.5, 0.6) is 0 Å². The van der Waals surface area contributed by atoms with Crippen molar-refractivity contribution >= 4 is 15.8 Å². The molecule has 0 N–H and O–H groups in total. The van der Waals surface area contributed by atoms with Crippen LogP contribution >= 0.6 is 15.8 Å². The van der Waals surface area contributed by atoms with Crippen LogP contribution in [0.1, 0.15) is 41.5 Å². The molecule has 20 radical (unpaired) electrons. The number of hydrogen-bond donors (Lipinski definition) is 0. The molecule has 0 aromatic heterocycles. The second-order valence-electron chi connectivity index (χ2n) is 8.51. The van der Waals surface area contributed by atoms with Crippen molar-refractivity contribution in [2.75, 3.05) is 24.6 Å². The molecule has 4 saturated carbocycles. The van der Waals surface area contributed by atoms with Crippen molar-refractivity contribution in [1.82, 2.24) is 0 Å². The molecule has 0 aliphatic heterocycles. The minimum absolute atomic E-state index is 0. The minimum Gasteiger partial charge on any atom is -0.104 e. The van der Waals surface area contributed by atoms with Crippen LogP contribution in [-0.4, -0.2) is 36.0 Å². The van der Waals surface area contributed by atoms with Crippen molar-refractivity contribution in [2.45, 2.75) is 52.9 Å². The Morgan fingerprint density at radius 2 is 0.694 bits per heavy atom. The van der Waals surface area contributed by atoms with Gasteiger partial charge >= 0.3 is 34.1 Å². The molecule has 0 nitrogen and oxygen atoms in total. The maximum Gasteiger partial charge on any atom is 2.00 e. The Kier molecular flexibility index (Phi) is 23.8. The van der Waals surface area contributed by atoms with E-state index in [4.69, 9.17) is 0 Å². The van der Waals surface area contributed by atoms with Gasteiger partial charge in [-0.2, -0.15) is 0 Å². The summed E-state index contributed by atoms with van der Waals surface area (Å²) in [4.78, 5) is 0. The minimum atomic E-state index is 0. The van der Waals surface area contributed by atoms with Crippen LogP contribution in [0.2, 0.25) is 0 Å². The maximum atomic E-state index is 2.45. The maximum absolute atomic E-state index is 2.45. The van der Waals surface area contributed by atoms with Crippen molar-refractivity contribution in [3.05, 3.63) is 126 Å². The van der Waals surface area contributed by atoms with E-state index < -0.39 is 0 Å². The van der Waals surface area contributed by atoms with Gasteiger partial charge in [0.1, 0.15) is 0 Å². The summed E-state index contributed by atoms with van der Waals surface area (Å²) >= 11 is 0. The van der Waals surface area contributed by atoms with Crippen molar-refractivity contribution in [3.8, 4) is 0 Å². The van der Waals surface area contributed by atoms with E-state index in [9.17, 15) is 0 Å². The largest absolute Gasteiger partial charge is 2.00 e. The fourth-order valence-corrected chi connectivity index (χ4v) is 8.99. The quantitative estimate of drug-likeness (QED) is 0.184. The second-order valence-corrected chi connectivity index (χ2v) is 14.9. The Labute approximate surface area is 252 Å². The molecule has 4 heteroatoms. The summed E-state index contributed by atoms with van der Waals surface area (Å²) < 4.78 is 0. The summed E-state index contributed by atoms with van der Waals surface area (Å²) in [6.45, 7) is 14.4. The summed E-state index contributed by atoms with van der Waals surface area (Å²) in [7, 11) is 0.201. The first-order valence-corrected chi connectivity index (χ1v) is 16.5. The Morgan fingerprint density at radius 1 is 0.444 bits per heavy atom. The molecule has 4 aliphatic carbocycles. The van der Waals surface area contributed by atoms with Gasteiger partial charge in [-0.25, -0.2) is 0 Å². The van der Waals surface area contributed by atoms with Crippen LogP contribution in [0.25, 0.3) is 0 Å². The molecule has 2 atom stereocenters. The molecule has 0 saturated heterocycles. The first-order chi connectivity index (χ1) is 16.6. The van der Waals surface area contributed by atoms with Crippen molar-refractivity contribution in [1.29, 1.82) is 0 Å². The van der Waals surface area contributed by atoms with Crippen molar-refractivity contribution in [3.63, 3.8) is 0 Å². The van der Waals surface area contributed by atoms with Crippen LogP contribution in [0, 0.1) is 126 Å².